The highest BCUT2D eigenvalue weighted by molar-refractivity contribution is 6.82. The lowest BCUT2D eigenvalue weighted by Crippen LogP contribution is -2.38. The average molecular weight is 401 g/mol. The minimum atomic E-state index is -1.68. The highest BCUT2D eigenvalue weighted by Gasteiger charge is 2.45. The lowest BCUT2D eigenvalue weighted by Gasteiger charge is -2.36. The summed E-state index contributed by atoms with van der Waals surface area (Å²) >= 11 is 0. The molecule has 0 spiro atoms. The molecule has 0 saturated carbocycles. The van der Waals surface area contributed by atoms with Gasteiger partial charge in [0.25, 0.3) is 0 Å². The Labute approximate surface area is 178 Å². The molecule has 0 bridgehead atoms. The van der Waals surface area contributed by atoms with Crippen LogP contribution in [-0.2, 0) is 10.8 Å². The maximum atomic E-state index is 2.59. The summed E-state index contributed by atoms with van der Waals surface area (Å²) in [5.74, 6) is 0. The number of hydrogen-bond donors (Lipinski definition) is 0. The maximum absolute atomic E-state index is 2.59. The Morgan fingerprint density at radius 1 is 0.655 bits per heavy atom. The van der Waals surface area contributed by atoms with Gasteiger partial charge >= 0.3 is 0 Å². The molecule has 2 aliphatic rings. The van der Waals surface area contributed by atoms with E-state index >= 15 is 0 Å². The first-order chi connectivity index (χ1) is 13.4. The fourth-order valence-corrected chi connectivity index (χ4v) is 8.80. The van der Waals surface area contributed by atoms with Crippen molar-refractivity contribution >= 4 is 8.07 Å². The molecule has 29 heavy (non-hydrogen) atoms. The molecule has 152 valence electrons. The molecule has 0 radical (unpaired) electrons. The van der Waals surface area contributed by atoms with E-state index in [2.05, 4.69) is 115 Å². The van der Waals surface area contributed by atoms with Gasteiger partial charge in [0.2, 0.25) is 0 Å². The molecule has 0 saturated heterocycles. The van der Waals surface area contributed by atoms with Crippen molar-refractivity contribution in [1.82, 2.24) is 0 Å². The first kappa shape index (κ1) is 20.4. The minimum Gasteiger partial charge on any atom is -0.0803 e. The van der Waals surface area contributed by atoms with E-state index in [4.69, 9.17) is 0 Å². The van der Waals surface area contributed by atoms with E-state index in [0.717, 1.165) is 0 Å². The van der Waals surface area contributed by atoms with E-state index in [1.165, 1.54) is 22.3 Å². The van der Waals surface area contributed by atoms with Crippen molar-refractivity contribution < 1.29 is 0 Å². The average Bonchev–Trinajstić information content (AvgIpc) is 3.26. The highest BCUT2D eigenvalue weighted by Crippen LogP contribution is 2.54. The van der Waals surface area contributed by atoms with Crippen molar-refractivity contribution in [3.8, 4) is 11.1 Å². The molecule has 0 aromatic heterocycles. The molecule has 0 nitrogen and oxygen atoms in total. The topological polar surface area (TPSA) is 0 Å². The fraction of sp³-hybridized carbons (Fsp3) is 0.429. The summed E-state index contributed by atoms with van der Waals surface area (Å²) < 4.78 is 0. The predicted molar refractivity (Wildman–Crippen MR) is 131 cm³/mol. The molecule has 0 heterocycles. The first-order valence-electron chi connectivity index (χ1n) is 11.0. The van der Waals surface area contributed by atoms with Crippen LogP contribution in [0.25, 0.3) is 11.1 Å². The largest absolute Gasteiger partial charge is 0.0803 e. The molecule has 0 fully saturated rings. The normalized spacial score (nSPS) is 17.1. The molecule has 0 aliphatic heterocycles. The number of rotatable bonds is 2. The summed E-state index contributed by atoms with van der Waals surface area (Å²) in [6.45, 7) is 19.2. The second-order valence-electron chi connectivity index (χ2n) is 11.7. The third-order valence-electron chi connectivity index (χ3n) is 7.10. The minimum absolute atomic E-state index is 0.170. The highest BCUT2D eigenvalue weighted by atomic mass is 28.3. The van der Waals surface area contributed by atoms with Gasteiger partial charge in [0.15, 0.2) is 0 Å². The summed E-state index contributed by atoms with van der Waals surface area (Å²) in [6.07, 6.45) is 9.36. The Hall–Kier alpha value is -1.86. The van der Waals surface area contributed by atoms with Gasteiger partial charge in [0, 0.05) is 5.54 Å². The monoisotopic (exact) mass is 400 g/mol. The zero-order valence-corrected chi connectivity index (χ0v) is 20.4. The van der Waals surface area contributed by atoms with Crippen LogP contribution in [0.4, 0.5) is 0 Å². The van der Waals surface area contributed by atoms with Crippen molar-refractivity contribution in [2.24, 2.45) is 0 Å². The van der Waals surface area contributed by atoms with Gasteiger partial charge in [0.1, 0.15) is 0 Å². The van der Waals surface area contributed by atoms with Gasteiger partial charge in [-0.3, -0.25) is 0 Å². The maximum Gasteiger partial charge on any atom is 0.0715 e. The number of fused-ring (bicyclic) bond motifs is 3. The Bertz CT molecular complexity index is 930. The van der Waals surface area contributed by atoms with Crippen LogP contribution >= 0.6 is 0 Å². The quantitative estimate of drug-likeness (QED) is 0.446. The van der Waals surface area contributed by atoms with E-state index in [1.54, 1.807) is 11.1 Å². The zero-order valence-electron chi connectivity index (χ0n) is 19.4. The van der Waals surface area contributed by atoms with E-state index in [1.807, 2.05) is 0 Å². The van der Waals surface area contributed by atoms with Crippen LogP contribution in [0.3, 0.4) is 0 Å². The Balaban J connectivity index is 1.96. The van der Waals surface area contributed by atoms with E-state index in [0.29, 0.717) is 11.1 Å². The first-order valence-corrected chi connectivity index (χ1v) is 14.2. The standard InChI is InChI=1S/C28H36Si/c1-27(2,3)19-13-15-22-23-16-14-20(28(4,5)6)18-25(23)26(24(22)17-19)29(7,8)21-11-9-10-12-21/h9-18,21,26H,1-8H3. The van der Waals surface area contributed by atoms with Crippen LogP contribution in [0.2, 0.25) is 18.6 Å². The number of benzene rings is 2. The van der Waals surface area contributed by atoms with Crippen molar-refractivity contribution in [3.63, 3.8) is 0 Å². The number of allylic oxidation sites excluding steroid dienone is 4. The van der Waals surface area contributed by atoms with Gasteiger partial charge in [-0.1, -0.05) is 115 Å². The van der Waals surface area contributed by atoms with Crippen LogP contribution < -0.4 is 0 Å². The molecular weight excluding hydrogens is 364 g/mol. The second kappa shape index (κ2) is 6.57. The van der Waals surface area contributed by atoms with Gasteiger partial charge in [0.05, 0.1) is 8.07 Å². The summed E-state index contributed by atoms with van der Waals surface area (Å²) in [6, 6.07) is 14.6. The Morgan fingerprint density at radius 2 is 1.07 bits per heavy atom. The molecule has 0 unspecified atom stereocenters. The van der Waals surface area contributed by atoms with Crippen molar-refractivity contribution in [3.05, 3.63) is 83.0 Å². The molecule has 0 N–H and O–H groups in total. The van der Waals surface area contributed by atoms with E-state index in [-0.39, 0.29) is 10.8 Å². The Morgan fingerprint density at radius 3 is 1.45 bits per heavy atom. The van der Waals surface area contributed by atoms with Crippen LogP contribution in [0.5, 0.6) is 0 Å². The summed E-state index contributed by atoms with van der Waals surface area (Å²) in [7, 11) is -1.68. The third kappa shape index (κ3) is 3.38. The lowest BCUT2D eigenvalue weighted by molar-refractivity contribution is 0.589. The van der Waals surface area contributed by atoms with Crippen LogP contribution in [0.15, 0.2) is 60.7 Å². The lowest BCUT2D eigenvalue weighted by atomic mass is 9.85. The van der Waals surface area contributed by atoms with Gasteiger partial charge in [-0.15, -0.1) is 0 Å². The third-order valence-corrected chi connectivity index (χ3v) is 11.3. The SMILES string of the molecule is CC(C)(C)c1ccc2c(c1)C([Si](C)(C)C1C=CC=C1)c1cc(C(C)(C)C)ccc1-2. The van der Waals surface area contributed by atoms with E-state index in [9.17, 15) is 0 Å². The molecule has 0 amide bonds. The number of hydrogen-bond acceptors (Lipinski definition) is 0. The molecule has 0 atom stereocenters. The van der Waals surface area contributed by atoms with Gasteiger partial charge < -0.3 is 0 Å². The molecule has 1 heteroatoms. The summed E-state index contributed by atoms with van der Waals surface area (Å²) in [5.41, 5.74) is 10.5. The smallest absolute Gasteiger partial charge is 0.0715 e. The van der Waals surface area contributed by atoms with Crippen LogP contribution in [-0.4, -0.2) is 8.07 Å². The second-order valence-corrected chi connectivity index (χ2v) is 16.5. The molecule has 2 aromatic rings. The van der Waals surface area contributed by atoms with Crippen LogP contribution in [0.1, 0.15) is 69.3 Å². The van der Waals surface area contributed by atoms with Crippen LogP contribution in [0, 0.1) is 0 Å². The summed E-state index contributed by atoms with van der Waals surface area (Å²) in [4.78, 5) is 0. The van der Waals surface area contributed by atoms with Crippen molar-refractivity contribution in [1.29, 1.82) is 0 Å². The molecular formula is C28H36Si. The summed E-state index contributed by atoms with van der Waals surface area (Å²) in [5, 5.41) is 0. The predicted octanol–water partition coefficient (Wildman–Crippen LogP) is 8.14. The van der Waals surface area contributed by atoms with Crippen molar-refractivity contribution in [2.45, 2.75) is 76.5 Å². The molecule has 4 rings (SSSR count). The van der Waals surface area contributed by atoms with E-state index < -0.39 is 8.07 Å². The fourth-order valence-electron chi connectivity index (χ4n) is 5.12. The van der Waals surface area contributed by atoms with Gasteiger partial charge in [-0.25, -0.2) is 0 Å². The molecule has 2 aromatic carbocycles. The van der Waals surface area contributed by atoms with Crippen molar-refractivity contribution in [2.75, 3.05) is 0 Å². The molecule has 2 aliphatic carbocycles. The zero-order chi connectivity index (χ0) is 21.2. The Kier molecular flexibility index (Phi) is 4.62. The van der Waals surface area contributed by atoms with Gasteiger partial charge in [-0.05, 0) is 49.8 Å². The van der Waals surface area contributed by atoms with Gasteiger partial charge in [-0.2, -0.15) is 0 Å².